The van der Waals surface area contributed by atoms with Gasteiger partial charge in [0.25, 0.3) is 5.91 Å². The summed E-state index contributed by atoms with van der Waals surface area (Å²) in [6.07, 6.45) is -8.77. The lowest BCUT2D eigenvalue weighted by Crippen LogP contribution is -2.39. The van der Waals surface area contributed by atoms with Gasteiger partial charge in [-0.05, 0) is 31.5 Å². The van der Waals surface area contributed by atoms with Gasteiger partial charge in [-0.1, -0.05) is 23.2 Å². The van der Waals surface area contributed by atoms with Crippen LogP contribution < -0.4 is 10.1 Å². The van der Waals surface area contributed by atoms with Crippen LogP contribution in [0.2, 0.25) is 10.0 Å². The molecule has 0 radical (unpaired) electrons. The summed E-state index contributed by atoms with van der Waals surface area (Å²) in [5.74, 6) is -0.360. The molecule has 1 aromatic carbocycles. The summed E-state index contributed by atoms with van der Waals surface area (Å²) in [5.41, 5.74) is 0. The second kappa shape index (κ2) is 7.89. The molecule has 0 aliphatic carbocycles. The highest BCUT2D eigenvalue weighted by Gasteiger charge is 2.37. The molecule has 124 valence electrons. The zero-order valence-corrected chi connectivity index (χ0v) is 13.0. The first kappa shape index (κ1) is 18.9. The van der Waals surface area contributed by atoms with Gasteiger partial charge in [-0.2, -0.15) is 13.2 Å². The Hall–Kier alpha value is -1.18. The van der Waals surface area contributed by atoms with Crippen LogP contribution in [0.1, 0.15) is 13.3 Å². The maximum Gasteiger partial charge on any atom is 0.414 e. The van der Waals surface area contributed by atoms with Crippen LogP contribution in [0, 0.1) is 0 Å². The van der Waals surface area contributed by atoms with Crippen LogP contribution in [-0.2, 0) is 4.79 Å². The van der Waals surface area contributed by atoms with Gasteiger partial charge in [0.2, 0.25) is 0 Å². The lowest BCUT2D eigenvalue weighted by Gasteiger charge is -2.17. The molecule has 0 saturated heterocycles. The second-order valence-corrected chi connectivity index (χ2v) is 5.38. The third-order valence-corrected chi connectivity index (χ3v) is 3.05. The van der Waals surface area contributed by atoms with Crippen LogP contribution >= 0.6 is 23.2 Å². The van der Waals surface area contributed by atoms with Crippen LogP contribution in [0.25, 0.3) is 0 Å². The third-order valence-electron chi connectivity index (χ3n) is 2.61. The molecule has 2 N–H and O–H groups in total. The molecule has 0 spiro atoms. The number of nitrogens with one attached hydrogen (secondary N) is 1. The molecular formula is C13H14Cl2F3NO3. The first-order valence-corrected chi connectivity index (χ1v) is 7.00. The van der Waals surface area contributed by atoms with Crippen LogP contribution in [0.15, 0.2) is 18.2 Å². The van der Waals surface area contributed by atoms with E-state index in [2.05, 4.69) is 5.32 Å². The molecule has 2 atom stereocenters. The number of rotatable bonds is 6. The average Bonchev–Trinajstić information content (AvgIpc) is 2.35. The number of aliphatic hydroxyl groups is 1. The van der Waals surface area contributed by atoms with Gasteiger partial charge in [-0.3, -0.25) is 4.79 Å². The minimum Gasteiger partial charge on any atom is -0.481 e. The summed E-state index contributed by atoms with van der Waals surface area (Å²) in [5, 5.41) is 11.7. The van der Waals surface area contributed by atoms with Gasteiger partial charge >= 0.3 is 6.18 Å². The highest BCUT2D eigenvalue weighted by atomic mass is 35.5. The summed E-state index contributed by atoms with van der Waals surface area (Å²) >= 11 is 11.5. The Morgan fingerprint density at radius 3 is 2.36 bits per heavy atom. The average molecular weight is 360 g/mol. The number of carbonyl (C=O) groups excluding carboxylic acids is 1. The van der Waals surface area contributed by atoms with E-state index in [-0.39, 0.29) is 12.3 Å². The summed E-state index contributed by atoms with van der Waals surface area (Å²) in [4.78, 5) is 11.7. The minimum absolute atomic E-state index is 0.260. The van der Waals surface area contributed by atoms with E-state index in [1.807, 2.05) is 0 Å². The molecule has 1 aromatic rings. The predicted octanol–water partition coefficient (Wildman–Crippen LogP) is 3.19. The van der Waals surface area contributed by atoms with E-state index in [4.69, 9.17) is 33.0 Å². The number of carbonyl (C=O) groups is 1. The van der Waals surface area contributed by atoms with Crippen LogP contribution in [0.5, 0.6) is 5.75 Å². The molecule has 0 heterocycles. The molecule has 0 saturated carbocycles. The fourth-order valence-corrected chi connectivity index (χ4v) is 2.00. The Kier molecular flexibility index (Phi) is 6.77. The van der Waals surface area contributed by atoms with E-state index in [1.165, 1.54) is 25.1 Å². The molecule has 0 aliphatic heterocycles. The number of ether oxygens (including phenoxy) is 1. The van der Waals surface area contributed by atoms with Gasteiger partial charge in [0.05, 0.1) is 0 Å². The van der Waals surface area contributed by atoms with Crippen molar-refractivity contribution in [1.82, 2.24) is 5.32 Å². The fraction of sp³-hybridized carbons (Fsp3) is 0.462. The van der Waals surface area contributed by atoms with Crippen molar-refractivity contribution in [1.29, 1.82) is 0 Å². The van der Waals surface area contributed by atoms with Crippen LogP contribution in [-0.4, -0.2) is 35.9 Å². The molecule has 0 bridgehead atoms. The number of halogens is 5. The van der Waals surface area contributed by atoms with Gasteiger partial charge in [0.15, 0.2) is 12.2 Å². The number of alkyl halides is 3. The van der Waals surface area contributed by atoms with E-state index >= 15 is 0 Å². The van der Waals surface area contributed by atoms with Crippen molar-refractivity contribution < 1.29 is 27.8 Å². The quantitative estimate of drug-likeness (QED) is 0.819. The zero-order chi connectivity index (χ0) is 16.9. The molecule has 9 heteroatoms. The van der Waals surface area contributed by atoms with Crippen LogP contribution in [0.4, 0.5) is 13.2 Å². The van der Waals surface area contributed by atoms with E-state index in [0.29, 0.717) is 10.0 Å². The highest BCUT2D eigenvalue weighted by Crippen LogP contribution is 2.25. The summed E-state index contributed by atoms with van der Waals surface area (Å²) in [6.45, 7) is 1.09. The maximum absolute atomic E-state index is 12.1. The smallest absolute Gasteiger partial charge is 0.414 e. The standard InChI is InChI=1S/C13H14Cl2F3NO3/c1-7(22-10-5-8(14)4-9(15)6-10)12(21)19-3-2-11(20)13(16,17)18/h4-7,11,20H,2-3H2,1H3,(H,19,21). The van der Waals surface area contributed by atoms with Gasteiger partial charge in [-0.15, -0.1) is 0 Å². The molecule has 22 heavy (non-hydrogen) atoms. The van der Waals surface area contributed by atoms with E-state index < -0.39 is 30.7 Å². The van der Waals surface area contributed by atoms with Gasteiger partial charge in [-0.25, -0.2) is 0 Å². The van der Waals surface area contributed by atoms with Crippen molar-refractivity contribution in [3.05, 3.63) is 28.2 Å². The molecule has 1 amide bonds. The largest absolute Gasteiger partial charge is 0.481 e. The van der Waals surface area contributed by atoms with Gasteiger partial charge in [0, 0.05) is 16.6 Å². The second-order valence-electron chi connectivity index (χ2n) is 4.50. The SMILES string of the molecule is CC(Oc1cc(Cl)cc(Cl)c1)C(=O)NCCC(O)C(F)(F)F. The molecule has 2 unspecified atom stereocenters. The van der Waals surface area contributed by atoms with Crippen molar-refractivity contribution in [2.75, 3.05) is 6.54 Å². The molecular weight excluding hydrogens is 346 g/mol. The maximum atomic E-state index is 12.1. The number of hydrogen-bond acceptors (Lipinski definition) is 3. The number of amides is 1. The predicted molar refractivity (Wildman–Crippen MR) is 76.2 cm³/mol. The lowest BCUT2D eigenvalue weighted by molar-refractivity contribution is -0.205. The monoisotopic (exact) mass is 359 g/mol. The molecule has 1 rings (SSSR count). The Morgan fingerprint density at radius 1 is 1.32 bits per heavy atom. The van der Waals surface area contributed by atoms with Crippen LogP contribution in [0.3, 0.4) is 0 Å². The van der Waals surface area contributed by atoms with Crippen molar-refractivity contribution in [3.8, 4) is 5.75 Å². The highest BCUT2D eigenvalue weighted by molar-refractivity contribution is 6.34. The van der Waals surface area contributed by atoms with Crippen molar-refractivity contribution in [3.63, 3.8) is 0 Å². The first-order valence-electron chi connectivity index (χ1n) is 6.25. The van der Waals surface area contributed by atoms with Crippen molar-refractivity contribution in [2.45, 2.75) is 31.7 Å². The van der Waals surface area contributed by atoms with E-state index in [0.717, 1.165) is 0 Å². The summed E-state index contributed by atoms with van der Waals surface area (Å²) in [7, 11) is 0. The van der Waals surface area contributed by atoms with E-state index in [1.54, 1.807) is 0 Å². The number of hydrogen-bond donors (Lipinski definition) is 2. The van der Waals surface area contributed by atoms with E-state index in [9.17, 15) is 18.0 Å². The Bertz CT molecular complexity index is 505. The lowest BCUT2D eigenvalue weighted by atomic mass is 10.2. The Balaban J connectivity index is 2.45. The molecule has 0 fully saturated rings. The normalized spacial score (nSPS) is 14.3. The fourth-order valence-electron chi connectivity index (χ4n) is 1.49. The number of benzene rings is 1. The molecule has 4 nitrogen and oxygen atoms in total. The Labute approximate surface area is 135 Å². The van der Waals surface area contributed by atoms with Gasteiger partial charge in [0.1, 0.15) is 5.75 Å². The molecule has 0 aliphatic rings. The Morgan fingerprint density at radius 2 is 1.86 bits per heavy atom. The summed E-state index contributed by atoms with van der Waals surface area (Å²) in [6, 6.07) is 4.38. The summed E-state index contributed by atoms with van der Waals surface area (Å²) < 4.78 is 41.5. The number of aliphatic hydroxyl groups excluding tert-OH is 1. The first-order chi connectivity index (χ1) is 10.1. The van der Waals surface area contributed by atoms with Gasteiger partial charge < -0.3 is 15.2 Å². The topological polar surface area (TPSA) is 58.6 Å². The zero-order valence-electron chi connectivity index (χ0n) is 11.5. The molecule has 0 aromatic heterocycles. The van der Waals surface area contributed by atoms with Crippen molar-refractivity contribution >= 4 is 29.1 Å². The third kappa shape index (κ3) is 6.29. The minimum atomic E-state index is -4.70. The van der Waals surface area contributed by atoms with Crippen molar-refractivity contribution in [2.24, 2.45) is 0 Å².